The molecule has 14 N–H and O–H groups in total. The fourth-order valence-electron chi connectivity index (χ4n) is 13.1. The predicted molar refractivity (Wildman–Crippen MR) is 399 cm³/mol. The van der Waals surface area contributed by atoms with E-state index in [0.29, 0.717) is 62.0 Å². The Balaban J connectivity index is 0.895. The third-order valence-electron chi connectivity index (χ3n) is 18.7. The summed E-state index contributed by atoms with van der Waals surface area (Å²) in [5.41, 5.74) is 19.1. The molecule has 7 aromatic rings. The Morgan fingerprint density at radius 2 is 1.09 bits per heavy atom. The molecule has 0 saturated carbocycles. The number of aromatic amines is 1. The van der Waals surface area contributed by atoms with Gasteiger partial charge in [-0.2, -0.15) is 0 Å². The van der Waals surface area contributed by atoms with Crippen molar-refractivity contribution in [3.63, 3.8) is 0 Å². The van der Waals surface area contributed by atoms with Crippen molar-refractivity contribution in [3.05, 3.63) is 197 Å². The molecular formula is C80H99N13O13. The smallest absolute Gasteiger partial charge is 0.322 e. The highest BCUT2D eigenvalue weighted by atomic mass is 16.4. The fourth-order valence-corrected chi connectivity index (χ4v) is 13.1. The van der Waals surface area contributed by atoms with Crippen LogP contribution in [0.1, 0.15) is 124 Å². The summed E-state index contributed by atoms with van der Waals surface area (Å²) in [6, 6.07) is 37.0. The monoisotopic (exact) mass is 1450 g/mol. The van der Waals surface area contributed by atoms with Crippen molar-refractivity contribution in [1.29, 1.82) is 0 Å². The van der Waals surface area contributed by atoms with Gasteiger partial charge in [-0.3, -0.25) is 57.4 Å². The van der Waals surface area contributed by atoms with Crippen LogP contribution in [-0.2, 0) is 97.8 Å². The van der Waals surface area contributed by atoms with Crippen LogP contribution < -0.4 is 48.7 Å². The number of ketones is 2. The van der Waals surface area contributed by atoms with Crippen molar-refractivity contribution in [2.45, 2.75) is 166 Å². The first kappa shape index (κ1) is 80.7. The van der Waals surface area contributed by atoms with Gasteiger partial charge in [-0.25, -0.2) is 0 Å². The predicted octanol–water partition coefficient (Wildman–Crippen LogP) is 5.59. The Labute approximate surface area is 616 Å². The SMILES string of the molecule is CC(C)C[C@@H](C)C(=O)N[C@H](Cc1ccccc1)C(=O)C[C@H](Cc1ccccc1)C(=O)N[C@H](CCCCN)C(=O)C[C@H](CCCCn1cc(C[C@@H](N)C(=O)N[C@H](Cc2ccccc2)C(=O)N[C@H](CC2=Cc3ccccc3C2)C(=O)N[C@H](Cc2cc3ccccc3[nH]2)C(=O)NCC(=O)NCC(=O)O)nn1)C(=O)O. The van der Waals surface area contributed by atoms with E-state index in [-0.39, 0.29) is 94.3 Å². The van der Waals surface area contributed by atoms with Gasteiger partial charge >= 0.3 is 11.9 Å². The van der Waals surface area contributed by atoms with Crippen molar-refractivity contribution in [3.8, 4) is 0 Å². The molecule has 26 nitrogen and oxygen atoms in total. The largest absolute Gasteiger partial charge is 0.481 e. The molecule has 2 heterocycles. The second-order valence-electron chi connectivity index (χ2n) is 27.9. The first-order valence-electron chi connectivity index (χ1n) is 36.3. The molecule has 106 heavy (non-hydrogen) atoms. The number of carboxylic acid groups (broad SMARTS) is 2. The number of benzene rings is 5. The van der Waals surface area contributed by atoms with Gasteiger partial charge in [0.15, 0.2) is 11.6 Å². The summed E-state index contributed by atoms with van der Waals surface area (Å²) >= 11 is 0. The number of fused-ring (bicyclic) bond motifs is 2. The van der Waals surface area contributed by atoms with Crippen molar-refractivity contribution >= 4 is 81.8 Å². The average molecular weight is 1450 g/mol. The number of nitrogens with two attached hydrogens (primary N) is 2. The summed E-state index contributed by atoms with van der Waals surface area (Å²) < 4.78 is 1.52. The van der Waals surface area contributed by atoms with E-state index in [1.165, 1.54) is 4.68 Å². The zero-order valence-electron chi connectivity index (χ0n) is 60.3. The molecule has 8 rings (SSSR count). The summed E-state index contributed by atoms with van der Waals surface area (Å²) in [6.45, 7) is 5.18. The number of nitrogens with zero attached hydrogens (tertiary/aromatic N) is 3. The van der Waals surface area contributed by atoms with Crippen molar-refractivity contribution in [2.75, 3.05) is 19.6 Å². The Kier molecular flexibility index (Phi) is 31.1. The fraction of sp³-hybridized carbons (Fsp3) is 0.412. The molecule has 2 aromatic heterocycles. The summed E-state index contributed by atoms with van der Waals surface area (Å²) in [5.74, 6) is -10.1. The zero-order valence-corrected chi connectivity index (χ0v) is 60.3. The summed E-state index contributed by atoms with van der Waals surface area (Å²) in [5, 5.41) is 47.9. The van der Waals surface area contributed by atoms with E-state index in [4.69, 9.17) is 16.6 Å². The van der Waals surface area contributed by atoms with E-state index in [1.54, 1.807) is 36.5 Å². The van der Waals surface area contributed by atoms with Gasteiger partial charge in [0.25, 0.3) is 0 Å². The molecule has 0 bridgehead atoms. The molecule has 0 saturated heterocycles. The van der Waals surface area contributed by atoms with Crippen LogP contribution in [-0.4, -0.2) is 151 Å². The number of hydrogen-bond donors (Lipinski definition) is 12. The lowest BCUT2D eigenvalue weighted by Gasteiger charge is -2.26. The maximum atomic E-state index is 14.8. The number of carbonyl (C=O) groups excluding carboxylic acids is 9. The molecular weight excluding hydrogens is 1350 g/mol. The molecule has 26 heteroatoms. The van der Waals surface area contributed by atoms with E-state index in [9.17, 15) is 57.8 Å². The summed E-state index contributed by atoms with van der Waals surface area (Å²) in [4.78, 5) is 154. The lowest BCUT2D eigenvalue weighted by molar-refractivity contribution is -0.144. The number of unbranched alkanes of at least 4 members (excludes halogenated alkanes) is 2. The summed E-state index contributed by atoms with van der Waals surface area (Å²) in [6.07, 6.45) is 6.14. The molecule has 0 aliphatic heterocycles. The normalized spacial score (nSPS) is 14.3. The van der Waals surface area contributed by atoms with E-state index >= 15 is 0 Å². The number of aryl methyl sites for hydroxylation is 1. The minimum absolute atomic E-state index is 0.00721. The summed E-state index contributed by atoms with van der Waals surface area (Å²) in [7, 11) is 0. The van der Waals surface area contributed by atoms with Gasteiger partial charge in [-0.1, -0.05) is 178 Å². The van der Waals surface area contributed by atoms with Crippen LogP contribution in [0.5, 0.6) is 0 Å². The number of aromatic nitrogens is 4. The molecule has 0 spiro atoms. The quantitative estimate of drug-likeness (QED) is 0.0207. The Morgan fingerprint density at radius 1 is 0.538 bits per heavy atom. The average Bonchev–Trinajstić information content (AvgIpc) is 1.59. The number of Topliss-reactive ketones (excluding diaryl/α,β-unsaturated/α-hetero) is 2. The number of nitrogens with one attached hydrogen (secondary N) is 8. The molecule has 5 aromatic carbocycles. The number of para-hydroxylation sites is 1. The van der Waals surface area contributed by atoms with Gasteiger partial charge in [0.2, 0.25) is 41.4 Å². The molecule has 0 unspecified atom stereocenters. The number of H-pyrrole nitrogens is 1. The highest BCUT2D eigenvalue weighted by Crippen LogP contribution is 2.29. The Hall–Kier alpha value is -11.0. The van der Waals surface area contributed by atoms with Gasteiger partial charge in [0, 0.05) is 67.9 Å². The lowest BCUT2D eigenvalue weighted by atomic mass is 9.88. The van der Waals surface area contributed by atoms with Crippen LogP contribution in [0.15, 0.2) is 157 Å². The number of carbonyl (C=O) groups is 11. The van der Waals surface area contributed by atoms with Crippen LogP contribution in [0.3, 0.4) is 0 Å². The van der Waals surface area contributed by atoms with Gasteiger partial charge in [0.1, 0.15) is 24.7 Å². The molecule has 9 atom stereocenters. The molecule has 0 radical (unpaired) electrons. The van der Waals surface area contributed by atoms with Gasteiger partial charge in [-0.15, -0.1) is 5.10 Å². The van der Waals surface area contributed by atoms with Crippen molar-refractivity contribution < 1.29 is 63.0 Å². The topological polar surface area (TPSA) is 411 Å². The first-order valence-corrected chi connectivity index (χ1v) is 36.3. The Morgan fingerprint density at radius 3 is 1.73 bits per heavy atom. The van der Waals surface area contributed by atoms with E-state index in [1.807, 2.05) is 142 Å². The number of amides is 7. The molecule has 562 valence electrons. The second kappa shape index (κ2) is 40.9. The maximum Gasteiger partial charge on any atom is 0.322 e. The van der Waals surface area contributed by atoms with Crippen LogP contribution in [0, 0.1) is 23.7 Å². The van der Waals surface area contributed by atoms with Crippen molar-refractivity contribution in [1.82, 2.24) is 57.2 Å². The van der Waals surface area contributed by atoms with Crippen molar-refractivity contribution in [2.24, 2.45) is 35.1 Å². The standard InChI is InChI=1S/C80H99N13O13/c1-50(2)35-51(3)74(99)87-66(39-53-23-9-5-10-24-53)71(95)44-60(36-52-21-7-4-8-22-52)75(100)86-65(32-17-19-33-81)70(94)43-59(80(105)106)30-18-20-34-93-49-62(91-92-93)45-63(82)76(101)88-67(40-54-25-11-6-12-26-54)78(103)89-68(41-55-37-56-27-13-14-28-57(56)38-55)79(104)90-69(77(102)84-47-72(96)83-48-73(97)98)46-61-42-58-29-15-16-31-64(58)85-61/h4-16,21-29,31,37,42,49-51,59-60,63,65-69,85H,17-20,30,32-36,38-41,43-48,81-82H2,1-3H3,(H,83,96)(H,84,102)(H,86,100)(H,87,99)(H,88,101)(H,89,103)(H,90,104)(H,97,98)(H,105,106)/t51-,59+,60+,63-,65-,66-,67-,68-,69-/m1/s1. The van der Waals surface area contributed by atoms with Gasteiger partial charge < -0.3 is 63.9 Å². The maximum absolute atomic E-state index is 14.8. The minimum Gasteiger partial charge on any atom is -0.481 e. The highest BCUT2D eigenvalue weighted by Gasteiger charge is 2.36. The van der Waals surface area contributed by atoms with E-state index < -0.39 is 114 Å². The zero-order chi connectivity index (χ0) is 76.1. The third-order valence-corrected chi connectivity index (χ3v) is 18.7. The number of aliphatic carboxylic acids is 2. The van der Waals surface area contributed by atoms with Gasteiger partial charge in [0.05, 0.1) is 36.3 Å². The van der Waals surface area contributed by atoms with E-state index in [0.717, 1.165) is 38.7 Å². The number of carboxylic acids is 2. The van der Waals surface area contributed by atoms with E-state index in [2.05, 4.69) is 52.5 Å². The van der Waals surface area contributed by atoms with Crippen LogP contribution >= 0.6 is 0 Å². The highest BCUT2D eigenvalue weighted by molar-refractivity contribution is 5.98. The number of rotatable bonds is 45. The molecule has 0 fully saturated rings. The molecule has 1 aliphatic carbocycles. The third kappa shape index (κ3) is 26.0. The molecule has 7 amide bonds. The minimum atomic E-state index is -1.32. The van der Waals surface area contributed by atoms with Crippen LogP contribution in [0.2, 0.25) is 0 Å². The van der Waals surface area contributed by atoms with Crippen LogP contribution in [0.25, 0.3) is 17.0 Å². The van der Waals surface area contributed by atoms with Gasteiger partial charge in [-0.05, 0) is 122 Å². The van der Waals surface area contributed by atoms with Crippen LogP contribution in [0.4, 0.5) is 0 Å². The lowest BCUT2D eigenvalue weighted by Crippen LogP contribution is -2.59. The molecule has 1 aliphatic rings. The Bertz CT molecular complexity index is 4130. The second-order valence-corrected chi connectivity index (χ2v) is 27.9. The first-order chi connectivity index (χ1) is 51.0. The number of hydrogen-bond acceptors (Lipinski definition) is 15.